The highest BCUT2D eigenvalue weighted by Gasteiger charge is 2.37. The van der Waals surface area contributed by atoms with Crippen LogP contribution in [0.15, 0.2) is 0 Å². The molecule has 0 amide bonds. The topological polar surface area (TPSA) is 49.3 Å². The molecule has 1 saturated carbocycles. The van der Waals surface area contributed by atoms with E-state index in [0.717, 1.165) is 32.4 Å². The SMILES string of the molecule is O=C1CCNCC1C1CCCC1O. The van der Waals surface area contributed by atoms with Crippen molar-refractivity contribution in [3.8, 4) is 0 Å². The molecule has 1 saturated heterocycles. The highest BCUT2D eigenvalue weighted by atomic mass is 16.3. The maximum Gasteiger partial charge on any atom is 0.138 e. The molecule has 74 valence electrons. The summed E-state index contributed by atoms with van der Waals surface area (Å²) < 4.78 is 0. The average Bonchev–Trinajstić information content (AvgIpc) is 2.52. The van der Waals surface area contributed by atoms with Gasteiger partial charge >= 0.3 is 0 Å². The molecule has 2 rings (SSSR count). The third-order valence-electron chi connectivity index (χ3n) is 3.37. The molecular weight excluding hydrogens is 166 g/mol. The zero-order chi connectivity index (χ0) is 9.26. The van der Waals surface area contributed by atoms with E-state index in [1.54, 1.807) is 0 Å². The van der Waals surface area contributed by atoms with Gasteiger partial charge in [0.05, 0.1) is 6.10 Å². The van der Waals surface area contributed by atoms with Crippen LogP contribution in [0.3, 0.4) is 0 Å². The first-order valence-electron chi connectivity index (χ1n) is 5.20. The van der Waals surface area contributed by atoms with Gasteiger partial charge < -0.3 is 10.4 Å². The van der Waals surface area contributed by atoms with Crippen LogP contribution < -0.4 is 5.32 Å². The number of carbonyl (C=O) groups excluding carboxylic acids is 1. The number of ketones is 1. The van der Waals surface area contributed by atoms with Crippen molar-refractivity contribution in [1.29, 1.82) is 0 Å². The van der Waals surface area contributed by atoms with E-state index >= 15 is 0 Å². The Morgan fingerprint density at radius 1 is 1.38 bits per heavy atom. The van der Waals surface area contributed by atoms with E-state index in [1.165, 1.54) is 0 Å². The number of hydrogen-bond acceptors (Lipinski definition) is 3. The normalized spacial score (nSPS) is 41.0. The molecule has 1 aliphatic carbocycles. The van der Waals surface area contributed by atoms with Crippen LogP contribution in [0.2, 0.25) is 0 Å². The Balaban J connectivity index is 2.01. The van der Waals surface area contributed by atoms with Crippen molar-refractivity contribution in [2.24, 2.45) is 11.8 Å². The number of nitrogens with one attached hydrogen (secondary N) is 1. The molecule has 3 heteroatoms. The predicted octanol–water partition coefficient (Wildman–Crippen LogP) is 0.326. The maximum absolute atomic E-state index is 11.6. The van der Waals surface area contributed by atoms with Crippen molar-refractivity contribution in [2.45, 2.75) is 31.8 Å². The number of hydrogen-bond donors (Lipinski definition) is 2. The second-order valence-corrected chi connectivity index (χ2v) is 4.19. The van der Waals surface area contributed by atoms with Crippen molar-refractivity contribution in [3.05, 3.63) is 0 Å². The molecule has 13 heavy (non-hydrogen) atoms. The molecule has 3 nitrogen and oxygen atoms in total. The molecule has 0 aromatic heterocycles. The molecule has 1 heterocycles. The van der Waals surface area contributed by atoms with Crippen molar-refractivity contribution in [2.75, 3.05) is 13.1 Å². The van der Waals surface area contributed by atoms with E-state index in [9.17, 15) is 9.90 Å². The number of piperidine rings is 1. The van der Waals surface area contributed by atoms with Gasteiger partial charge in [-0.1, -0.05) is 6.42 Å². The van der Waals surface area contributed by atoms with Crippen LogP contribution in [-0.4, -0.2) is 30.1 Å². The minimum absolute atomic E-state index is 0.0891. The molecule has 1 aliphatic heterocycles. The van der Waals surface area contributed by atoms with Gasteiger partial charge in [0.1, 0.15) is 5.78 Å². The van der Waals surface area contributed by atoms with Crippen LogP contribution in [0.5, 0.6) is 0 Å². The largest absolute Gasteiger partial charge is 0.393 e. The van der Waals surface area contributed by atoms with Gasteiger partial charge in [0, 0.05) is 25.4 Å². The highest BCUT2D eigenvalue weighted by molar-refractivity contribution is 5.82. The number of aliphatic hydroxyl groups excluding tert-OH is 1. The van der Waals surface area contributed by atoms with Gasteiger partial charge in [0.2, 0.25) is 0 Å². The van der Waals surface area contributed by atoms with E-state index < -0.39 is 0 Å². The minimum atomic E-state index is -0.228. The van der Waals surface area contributed by atoms with Crippen LogP contribution >= 0.6 is 0 Å². The summed E-state index contributed by atoms with van der Waals surface area (Å²) in [5.74, 6) is 0.677. The van der Waals surface area contributed by atoms with Crippen molar-refractivity contribution in [1.82, 2.24) is 5.32 Å². The number of aliphatic hydroxyl groups is 1. The zero-order valence-corrected chi connectivity index (χ0v) is 7.83. The Hall–Kier alpha value is -0.410. The van der Waals surface area contributed by atoms with Crippen LogP contribution in [-0.2, 0) is 4.79 Å². The lowest BCUT2D eigenvalue weighted by molar-refractivity contribution is -0.127. The summed E-state index contributed by atoms with van der Waals surface area (Å²) in [6.45, 7) is 1.60. The summed E-state index contributed by atoms with van der Waals surface area (Å²) in [4.78, 5) is 11.6. The Bertz CT molecular complexity index is 205. The average molecular weight is 183 g/mol. The quantitative estimate of drug-likeness (QED) is 0.616. The fourth-order valence-corrected chi connectivity index (χ4v) is 2.60. The maximum atomic E-state index is 11.6. The van der Waals surface area contributed by atoms with E-state index in [2.05, 4.69) is 5.32 Å². The summed E-state index contributed by atoms with van der Waals surface area (Å²) >= 11 is 0. The zero-order valence-electron chi connectivity index (χ0n) is 7.83. The summed E-state index contributed by atoms with van der Waals surface area (Å²) in [6, 6.07) is 0. The molecular formula is C10H17NO2. The van der Waals surface area contributed by atoms with Gasteiger partial charge in [-0.25, -0.2) is 0 Å². The number of rotatable bonds is 1. The third-order valence-corrected chi connectivity index (χ3v) is 3.37. The molecule has 0 aromatic carbocycles. The predicted molar refractivity (Wildman–Crippen MR) is 49.3 cm³/mol. The Kier molecular flexibility index (Phi) is 2.65. The van der Waals surface area contributed by atoms with Crippen molar-refractivity contribution in [3.63, 3.8) is 0 Å². The van der Waals surface area contributed by atoms with Crippen molar-refractivity contribution >= 4 is 5.78 Å². The van der Waals surface area contributed by atoms with Crippen LogP contribution in [0.25, 0.3) is 0 Å². The third kappa shape index (κ3) is 1.76. The summed E-state index contributed by atoms with van der Waals surface area (Å²) in [5, 5.41) is 12.9. The van der Waals surface area contributed by atoms with Gasteiger partial charge in [-0.05, 0) is 18.8 Å². The molecule has 2 aliphatic rings. The molecule has 0 aromatic rings. The first-order chi connectivity index (χ1) is 6.29. The van der Waals surface area contributed by atoms with Gasteiger partial charge in [-0.3, -0.25) is 4.79 Å². The first kappa shape index (κ1) is 9.16. The summed E-state index contributed by atoms with van der Waals surface area (Å²) in [5.41, 5.74) is 0. The summed E-state index contributed by atoms with van der Waals surface area (Å²) in [7, 11) is 0. The fourth-order valence-electron chi connectivity index (χ4n) is 2.60. The first-order valence-corrected chi connectivity index (χ1v) is 5.20. The van der Waals surface area contributed by atoms with Gasteiger partial charge in [-0.15, -0.1) is 0 Å². The second kappa shape index (κ2) is 3.76. The second-order valence-electron chi connectivity index (χ2n) is 4.19. The highest BCUT2D eigenvalue weighted by Crippen LogP contribution is 2.33. The smallest absolute Gasteiger partial charge is 0.138 e. The van der Waals surface area contributed by atoms with Crippen molar-refractivity contribution < 1.29 is 9.90 Å². The standard InChI is InChI=1S/C10H17NO2/c12-9-3-1-2-7(9)8-6-11-5-4-10(8)13/h7-9,11-12H,1-6H2. The minimum Gasteiger partial charge on any atom is -0.393 e. The van der Waals surface area contributed by atoms with Gasteiger partial charge in [0.15, 0.2) is 0 Å². The molecule has 3 atom stereocenters. The molecule has 0 radical (unpaired) electrons. The lowest BCUT2D eigenvalue weighted by Gasteiger charge is -2.28. The Morgan fingerprint density at radius 3 is 2.85 bits per heavy atom. The van der Waals surface area contributed by atoms with E-state index in [1.807, 2.05) is 0 Å². The number of Topliss-reactive ketones (excluding diaryl/α,β-unsaturated/α-hetero) is 1. The van der Waals surface area contributed by atoms with E-state index in [-0.39, 0.29) is 17.9 Å². The molecule has 2 N–H and O–H groups in total. The Morgan fingerprint density at radius 2 is 2.23 bits per heavy atom. The summed E-state index contributed by atoms with van der Waals surface area (Å²) in [6.07, 6.45) is 3.41. The molecule has 0 bridgehead atoms. The molecule has 0 spiro atoms. The van der Waals surface area contributed by atoms with Crippen LogP contribution in [0.1, 0.15) is 25.7 Å². The fraction of sp³-hybridized carbons (Fsp3) is 0.900. The van der Waals surface area contributed by atoms with Gasteiger partial charge in [0.25, 0.3) is 0 Å². The van der Waals surface area contributed by atoms with Crippen LogP contribution in [0, 0.1) is 11.8 Å². The monoisotopic (exact) mass is 183 g/mol. The van der Waals surface area contributed by atoms with E-state index in [4.69, 9.17) is 0 Å². The molecule has 3 unspecified atom stereocenters. The molecule has 2 fully saturated rings. The lowest BCUT2D eigenvalue weighted by atomic mass is 9.83. The van der Waals surface area contributed by atoms with Crippen LogP contribution in [0.4, 0.5) is 0 Å². The number of carbonyl (C=O) groups is 1. The van der Waals surface area contributed by atoms with Gasteiger partial charge in [-0.2, -0.15) is 0 Å². The lowest BCUT2D eigenvalue weighted by Crippen LogP contribution is -2.42. The Labute approximate surface area is 78.5 Å². The van der Waals surface area contributed by atoms with E-state index in [0.29, 0.717) is 12.2 Å².